The normalized spacial score (nSPS) is 12.7. The third-order valence-corrected chi connectivity index (χ3v) is 3.59. The van der Waals surface area contributed by atoms with E-state index in [-0.39, 0.29) is 6.79 Å². The number of nitrogen functional groups attached to an aromatic ring is 1. The molecule has 0 aliphatic carbocycles. The van der Waals surface area contributed by atoms with E-state index in [4.69, 9.17) is 19.9 Å². The molecule has 0 atom stereocenters. The molecule has 1 aliphatic heterocycles. The fraction of sp³-hybridized carbons (Fsp3) is 0.267. The van der Waals surface area contributed by atoms with Gasteiger partial charge in [-0.1, -0.05) is 0 Å². The molecule has 4 rings (SSSR count). The summed E-state index contributed by atoms with van der Waals surface area (Å²) in [6, 6.07) is 5.55. The number of rotatable bonds is 5. The minimum absolute atomic E-state index is 0.261. The van der Waals surface area contributed by atoms with Crippen molar-refractivity contribution in [2.45, 2.75) is 13.0 Å². The molecule has 0 bridgehead atoms. The molecule has 0 radical (unpaired) electrons. The Hall–Kier alpha value is -3.03. The highest BCUT2D eigenvalue weighted by molar-refractivity contribution is 5.81. The fourth-order valence-corrected chi connectivity index (χ4v) is 2.45. The molecule has 2 N–H and O–H groups in total. The Labute approximate surface area is 131 Å². The number of nitrogens with zero attached hydrogens (tertiary/aromatic N) is 4. The Morgan fingerprint density at radius 1 is 1.17 bits per heavy atom. The predicted octanol–water partition coefficient (Wildman–Crippen LogP) is 1.61. The summed E-state index contributed by atoms with van der Waals surface area (Å²) in [4.78, 5) is 12.4. The Morgan fingerprint density at radius 3 is 3.04 bits per heavy atom. The molecule has 0 fully saturated rings. The van der Waals surface area contributed by atoms with Gasteiger partial charge in [0.1, 0.15) is 17.6 Å². The van der Waals surface area contributed by atoms with Crippen molar-refractivity contribution in [1.29, 1.82) is 0 Å². The minimum atomic E-state index is 0.261. The Morgan fingerprint density at radius 2 is 2.09 bits per heavy atom. The zero-order chi connectivity index (χ0) is 15.6. The van der Waals surface area contributed by atoms with Crippen LogP contribution in [0.3, 0.4) is 0 Å². The van der Waals surface area contributed by atoms with Crippen molar-refractivity contribution < 1.29 is 14.2 Å². The van der Waals surface area contributed by atoms with Gasteiger partial charge in [-0.2, -0.15) is 0 Å². The van der Waals surface area contributed by atoms with Crippen LogP contribution in [0.25, 0.3) is 11.2 Å². The van der Waals surface area contributed by atoms with E-state index in [1.807, 2.05) is 22.8 Å². The average molecular weight is 313 g/mol. The van der Waals surface area contributed by atoms with Gasteiger partial charge in [0.25, 0.3) is 0 Å². The van der Waals surface area contributed by atoms with Gasteiger partial charge in [0.2, 0.25) is 6.79 Å². The average Bonchev–Trinajstić information content (AvgIpc) is 3.18. The first kappa shape index (κ1) is 13.6. The fourth-order valence-electron chi connectivity index (χ4n) is 2.45. The van der Waals surface area contributed by atoms with Gasteiger partial charge in [-0.15, -0.1) is 0 Å². The van der Waals surface area contributed by atoms with E-state index in [1.165, 1.54) is 6.33 Å². The highest BCUT2D eigenvalue weighted by Gasteiger charge is 2.13. The number of fused-ring (bicyclic) bond motifs is 2. The predicted molar refractivity (Wildman–Crippen MR) is 82.4 cm³/mol. The summed E-state index contributed by atoms with van der Waals surface area (Å²) in [5.41, 5.74) is 7.14. The van der Waals surface area contributed by atoms with E-state index in [0.717, 1.165) is 35.9 Å². The molecular weight excluding hydrogens is 298 g/mol. The van der Waals surface area contributed by atoms with E-state index in [1.54, 1.807) is 6.33 Å². The number of aromatic nitrogens is 4. The van der Waals surface area contributed by atoms with Crippen LogP contribution in [0.4, 0.5) is 5.82 Å². The summed E-state index contributed by atoms with van der Waals surface area (Å²) >= 11 is 0. The molecule has 8 heteroatoms. The Kier molecular flexibility index (Phi) is 3.34. The first-order chi connectivity index (χ1) is 11.3. The molecule has 1 aliphatic rings. The van der Waals surface area contributed by atoms with Crippen molar-refractivity contribution in [2.24, 2.45) is 0 Å². The van der Waals surface area contributed by atoms with E-state index < -0.39 is 0 Å². The molecule has 23 heavy (non-hydrogen) atoms. The Bertz CT molecular complexity index is 848. The van der Waals surface area contributed by atoms with Gasteiger partial charge in [0.05, 0.1) is 12.9 Å². The second-order valence-corrected chi connectivity index (χ2v) is 5.09. The van der Waals surface area contributed by atoms with E-state index in [9.17, 15) is 0 Å². The lowest BCUT2D eigenvalue weighted by Gasteiger charge is -2.07. The molecular formula is C15H15N5O3. The molecule has 0 saturated heterocycles. The van der Waals surface area contributed by atoms with Gasteiger partial charge in [-0.3, -0.25) is 0 Å². The summed E-state index contributed by atoms with van der Waals surface area (Å²) in [6.45, 7) is 1.56. The highest BCUT2D eigenvalue weighted by Crippen LogP contribution is 2.35. The maximum absolute atomic E-state index is 5.77. The third-order valence-electron chi connectivity index (χ3n) is 3.59. The van der Waals surface area contributed by atoms with E-state index >= 15 is 0 Å². The molecule has 0 amide bonds. The molecule has 118 valence electrons. The van der Waals surface area contributed by atoms with Crippen molar-refractivity contribution in [1.82, 2.24) is 19.5 Å². The molecule has 0 saturated carbocycles. The highest BCUT2D eigenvalue weighted by atomic mass is 16.7. The number of nitrogens with two attached hydrogens (primary N) is 1. The van der Waals surface area contributed by atoms with Gasteiger partial charge in [-0.05, 0) is 18.6 Å². The van der Waals surface area contributed by atoms with Crippen LogP contribution in [-0.2, 0) is 6.54 Å². The van der Waals surface area contributed by atoms with Crippen LogP contribution in [0.1, 0.15) is 6.42 Å². The monoisotopic (exact) mass is 313 g/mol. The van der Waals surface area contributed by atoms with Crippen LogP contribution < -0.4 is 19.9 Å². The van der Waals surface area contributed by atoms with Gasteiger partial charge in [0.15, 0.2) is 23.0 Å². The van der Waals surface area contributed by atoms with Crippen LogP contribution >= 0.6 is 0 Å². The zero-order valence-corrected chi connectivity index (χ0v) is 12.3. The first-order valence-electron chi connectivity index (χ1n) is 7.25. The lowest BCUT2D eigenvalue weighted by atomic mass is 10.3. The van der Waals surface area contributed by atoms with Crippen LogP contribution in [0.5, 0.6) is 17.2 Å². The molecule has 8 nitrogen and oxygen atoms in total. The largest absolute Gasteiger partial charge is 0.493 e. The van der Waals surface area contributed by atoms with Gasteiger partial charge in [0, 0.05) is 12.6 Å². The van der Waals surface area contributed by atoms with Crippen molar-refractivity contribution in [3.05, 3.63) is 30.9 Å². The maximum Gasteiger partial charge on any atom is 0.231 e. The lowest BCUT2D eigenvalue weighted by molar-refractivity contribution is 0.173. The minimum Gasteiger partial charge on any atom is -0.493 e. The van der Waals surface area contributed by atoms with E-state index in [2.05, 4.69) is 15.0 Å². The van der Waals surface area contributed by atoms with Crippen LogP contribution in [0.15, 0.2) is 30.9 Å². The van der Waals surface area contributed by atoms with Crippen LogP contribution in [-0.4, -0.2) is 32.9 Å². The summed E-state index contributed by atoms with van der Waals surface area (Å²) in [5.74, 6) is 2.62. The molecule has 0 unspecified atom stereocenters. The summed E-state index contributed by atoms with van der Waals surface area (Å²) in [6.07, 6.45) is 3.97. The molecule has 1 aromatic carbocycles. The third kappa shape index (κ3) is 2.59. The quantitative estimate of drug-likeness (QED) is 0.714. The summed E-state index contributed by atoms with van der Waals surface area (Å²) in [7, 11) is 0. The van der Waals surface area contributed by atoms with Crippen molar-refractivity contribution in [3.8, 4) is 17.2 Å². The number of aryl methyl sites for hydroxylation is 1. The first-order valence-corrected chi connectivity index (χ1v) is 7.25. The summed E-state index contributed by atoms with van der Waals surface area (Å²) < 4.78 is 18.3. The van der Waals surface area contributed by atoms with Crippen molar-refractivity contribution in [2.75, 3.05) is 19.1 Å². The van der Waals surface area contributed by atoms with Gasteiger partial charge in [-0.25, -0.2) is 15.0 Å². The second-order valence-electron chi connectivity index (χ2n) is 5.09. The maximum atomic E-state index is 5.77. The van der Waals surface area contributed by atoms with Crippen LogP contribution in [0, 0.1) is 0 Å². The Balaban J connectivity index is 1.35. The number of anilines is 1. The smallest absolute Gasteiger partial charge is 0.231 e. The number of ether oxygens (including phenoxy) is 3. The lowest BCUT2D eigenvalue weighted by Crippen LogP contribution is -2.04. The summed E-state index contributed by atoms with van der Waals surface area (Å²) in [5, 5.41) is 0. The standard InChI is InChI=1S/C15H15N5O3/c16-14-13-15(18-7-17-14)20(8-19-13)4-1-5-21-10-2-3-11-12(6-10)23-9-22-11/h2-3,6-8H,1,4-5,9H2,(H2,16,17,18). The number of hydrogen-bond donors (Lipinski definition) is 1. The SMILES string of the molecule is Nc1ncnc2c1ncn2CCCOc1ccc2c(c1)OCO2. The van der Waals surface area contributed by atoms with Crippen LogP contribution in [0.2, 0.25) is 0 Å². The number of benzene rings is 1. The van der Waals surface area contributed by atoms with Gasteiger partial charge >= 0.3 is 0 Å². The second kappa shape index (κ2) is 5.64. The molecule has 3 aromatic rings. The molecule has 3 heterocycles. The topological polar surface area (TPSA) is 97.3 Å². The number of imidazole rings is 1. The molecule has 2 aromatic heterocycles. The van der Waals surface area contributed by atoms with Crippen molar-refractivity contribution in [3.63, 3.8) is 0 Å². The van der Waals surface area contributed by atoms with E-state index in [0.29, 0.717) is 17.9 Å². The number of hydrogen-bond acceptors (Lipinski definition) is 7. The molecule has 0 spiro atoms. The van der Waals surface area contributed by atoms with Crippen molar-refractivity contribution >= 4 is 17.0 Å². The zero-order valence-electron chi connectivity index (χ0n) is 12.3. The van der Waals surface area contributed by atoms with Gasteiger partial charge < -0.3 is 24.5 Å².